The Labute approximate surface area is 82.1 Å². The number of nitrogens with one attached hydrogen (secondary N) is 1. The van der Waals surface area contributed by atoms with E-state index in [0.29, 0.717) is 5.56 Å². The van der Waals surface area contributed by atoms with Gasteiger partial charge in [0.1, 0.15) is 6.17 Å². The number of hydrogen-bond acceptors (Lipinski definition) is 3. The van der Waals surface area contributed by atoms with Crippen LogP contribution in [-0.2, 0) is 0 Å². The molecule has 0 spiro atoms. The molecule has 1 aromatic rings. The number of pyridine rings is 1. The van der Waals surface area contributed by atoms with Crippen LogP contribution in [0.2, 0.25) is 0 Å². The highest BCUT2D eigenvalue weighted by atomic mass is 32.2. The number of aromatic nitrogens is 1. The number of nitrogens with zero attached hydrogens (tertiary/aromatic N) is 1. The second kappa shape index (κ2) is 5.07. The van der Waals surface area contributed by atoms with Crippen molar-refractivity contribution >= 4 is 17.6 Å². The molecule has 1 atom stereocenters. The van der Waals surface area contributed by atoms with Crippen LogP contribution in [0, 0.1) is 0 Å². The van der Waals surface area contributed by atoms with Gasteiger partial charge in [-0.2, -0.15) is 0 Å². The first-order valence-electron chi connectivity index (χ1n) is 4.21. The standard InChI is InChI=1S/C9H13FN2S/c1-3-13-12-9-4-8(7(2)10)5-11-6-9/h4-7,12H,3H2,1-2H3. The molecule has 0 aliphatic heterocycles. The van der Waals surface area contributed by atoms with E-state index in [2.05, 4.69) is 9.71 Å². The molecular formula is C9H13FN2S. The quantitative estimate of drug-likeness (QED) is 0.755. The summed E-state index contributed by atoms with van der Waals surface area (Å²) in [6.07, 6.45) is 2.28. The van der Waals surface area contributed by atoms with Gasteiger partial charge in [-0.25, -0.2) is 4.39 Å². The van der Waals surface area contributed by atoms with Crippen LogP contribution < -0.4 is 4.72 Å². The normalized spacial score (nSPS) is 12.5. The topological polar surface area (TPSA) is 24.9 Å². The highest BCUT2D eigenvalue weighted by Crippen LogP contribution is 2.20. The van der Waals surface area contributed by atoms with Gasteiger partial charge in [-0.05, 0) is 13.0 Å². The van der Waals surface area contributed by atoms with E-state index >= 15 is 0 Å². The van der Waals surface area contributed by atoms with Crippen molar-refractivity contribution < 1.29 is 4.39 Å². The van der Waals surface area contributed by atoms with Gasteiger partial charge in [-0.3, -0.25) is 4.98 Å². The molecule has 4 heteroatoms. The summed E-state index contributed by atoms with van der Waals surface area (Å²) in [5.74, 6) is 0.968. The van der Waals surface area contributed by atoms with Crippen molar-refractivity contribution in [2.24, 2.45) is 0 Å². The van der Waals surface area contributed by atoms with Crippen molar-refractivity contribution in [1.82, 2.24) is 4.98 Å². The highest BCUT2D eigenvalue weighted by Gasteiger charge is 2.03. The zero-order valence-corrected chi connectivity index (χ0v) is 8.57. The van der Waals surface area contributed by atoms with Gasteiger partial charge >= 0.3 is 0 Å². The van der Waals surface area contributed by atoms with Crippen molar-refractivity contribution in [3.8, 4) is 0 Å². The first-order valence-corrected chi connectivity index (χ1v) is 5.19. The van der Waals surface area contributed by atoms with Crippen molar-refractivity contribution in [2.75, 3.05) is 10.5 Å². The van der Waals surface area contributed by atoms with Gasteiger partial charge in [-0.1, -0.05) is 18.9 Å². The molecular weight excluding hydrogens is 187 g/mol. The first-order chi connectivity index (χ1) is 6.24. The molecule has 1 unspecified atom stereocenters. The molecule has 0 aromatic carbocycles. The molecule has 0 amide bonds. The van der Waals surface area contributed by atoms with Crippen molar-refractivity contribution in [1.29, 1.82) is 0 Å². The molecule has 0 saturated heterocycles. The lowest BCUT2D eigenvalue weighted by Crippen LogP contribution is -1.92. The van der Waals surface area contributed by atoms with E-state index in [1.54, 1.807) is 30.4 Å². The molecule has 13 heavy (non-hydrogen) atoms. The summed E-state index contributed by atoms with van der Waals surface area (Å²) in [6.45, 7) is 3.56. The van der Waals surface area contributed by atoms with Gasteiger partial charge < -0.3 is 4.72 Å². The molecule has 0 radical (unpaired) electrons. The zero-order valence-electron chi connectivity index (χ0n) is 7.75. The Morgan fingerprint density at radius 3 is 3.00 bits per heavy atom. The Kier molecular flexibility index (Phi) is 4.02. The zero-order chi connectivity index (χ0) is 9.68. The monoisotopic (exact) mass is 200 g/mol. The minimum absolute atomic E-state index is 0.613. The van der Waals surface area contributed by atoms with Crippen LogP contribution in [0.15, 0.2) is 18.5 Å². The van der Waals surface area contributed by atoms with Gasteiger partial charge in [0, 0.05) is 17.5 Å². The lowest BCUT2D eigenvalue weighted by Gasteiger charge is -2.06. The average molecular weight is 200 g/mol. The van der Waals surface area contributed by atoms with E-state index in [1.165, 1.54) is 6.92 Å². The van der Waals surface area contributed by atoms with E-state index in [0.717, 1.165) is 11.4 Å². The maximum Gasteiger partial charge on any atom is 0.124 e. The summed E-state index contributed by atoms with van der Waals surface area (Å²) in [7, 11) is 0. The Morgan fingerprint density at radius 2 is 2.38 bits per heavy atom. The third kappa shape index (κ3) is 3.22. The largest absolute Gasteiger partial charge is 0.328 e. The predicted molar refractivity (Wildman–Crippen MR) is 55.5 cm³/mol. The van der Waals surface area contributed by atoms with Crippen LogP contribution in [0.1, 0.15) is 25.6 Å². The fourth-order valence-electron chi connectivity index (χ4n) is 0.887. The van der Waals surface area contributed by atoms with E-state index in [1.807, 2.05) is 6.92 Å². The lowest BCUT2D eigenvalue weighted by atomic mass is 10.2. The van der Waals surface area contributed by atoms with Crippen LogP contribution in [0.4, 0.5) is 10.1 Å². The van der Waals surface area contributed by atoms with Crippen LogP contribution in [0.5, 0.6) is 0 Å². The van der Waals surface area contributed by atoms with Gasteiger partial charge in [0.05, 0.1) is 11.9 Å². The Hall–Kier alpha value is -0.770. The van der Waals surface area contributed by atoms with E-state index in [9.17, 15) is 4.39 Å². The van der Waals surface area contributed by atoms with Gasteiger partial charge in [-0.15, -0.1) is 0 Å². The SMILES string of the molecule is CCSNc1cncc(C(C)F)c1. The number of alkyl halides is 1. The lowest BCUT2D eigenvalue weighted by molar-refractivity contribution is 0.373. The van der Waals surface area contributed by atoms with Gasteiger partial charge in [0.15, 0.2) is 0 Å². The summed E-state index contributed by atoms with van der Waals surface area (Å²) >= 11 is 1.57. The third-order valence-corrected chi connectivity index (χ3v) is 2.22. The Morgan fingerprint density at radius 1 is 1.62 bits per heavy atom. The van der Waals surface area contributed by atoms with E-state index in [4.69, 9.17) is 0 Å². The second-order valence-electron chi connectivity index (χ2n) is 2.66. The second-order valence-corrected chi connectivity index (χ2v) is 3.73. The molecule has 1 rings (SSSR count). The molecule has 0 bridgehead atoms. The number of halogens is 1. The highest BCUT2D eigenvalue weighted by molar-refractivity contribution is 8.00. The molecule has 0 aliphatic rings. The average Bonchev–Trinajstić information content (AvgIpc) is 2.15. The predicted octanol–water partition coefficient (Wildman–Crippen LogP) is 3.19. The molecule has 2 nitrogen and oxygen atoms in total. The minimum Gasteiger partial charge on any atom is -0.328 e. The fraction of sp³-hybridized carbons (Fsp3) is 0.444. The van der Waals surface area contributed by atoms with Crippen molar-refractivity contribution in [3.63, 3.8) is 0 Å². The summed E-state index contributed by atoms with van der Waals surface area (Å²) in [4.78, 5) is 3.94. The smallest absolute Gasteiger partial charge is 0.124 e. The van der Waals surface area contributed by atoms with Gasteiger partial charge in [0.2, 0.25) is 0 Å². The third-order valence-electron chi connectivity index (χ3n) is 1.55. The summed E-state index contributed by atoms with van der Waals surface area (Å²) in [5, 5.41) is 0. The fourth-order valence-corrected chi connectivity index (χ4v) is 1.31. The summed E-state index contributed by atoms with van der Waals surface area (Å²) in [5.41, 5.74) is 1.47. The summed E-state index contributed by atoms with van der Waals surface area (Å²) in [6, 6.07) is 1.78. The van der Waals surface area contributed by atoms with Crippen molar-refractivity contribution in [2.45, 2.75) is 20.0 Å². The van der Waals surface area contributed by atoms with Gasteiger partial charge in [0.25, 0.3) is 0 Å². The number of anilines is 1. The van der Waals surface area contributed by atoms with Crippen LogP contribution in [0.3, 0.4) is 0 Å². The Balaban J connectivity index is 2.68. The summed E-state index contributed by atoms with van der Waals surface area (Å²) < 4.78 is 15.9. The molecule has 1 heterocycles. The molecule has 1 N–H and O–H groups in total. The Bertz CT molecular complexity index is 266. The van der Waals surface area contributed by atoms with E-state index in [-0.39, 0.29) is 0 Å². The maximum absolute atomic E-state index is 12.9. The molecule has 1 aromatic heterocycles. The first kappa shape index (κ1) is 10.3. The number of rotatable bonds is 4. The molecule has 0 aliphatic carbocycles. The van der Waals surface area contributed by atoms with Crippen LogP contribution in [0.25, 0.3) is 0 Å². The minimum atomic E-state index is -0.958. The van der Waals surface area contributed by atoms with Crippen LogP contribution >= 0.6 is 11.9 Å². The van der Waals surface area contributed by atoms with E-state index < -0.39 is 6.17 Å². The van der Waals surface area contributed by atoms with Crippen molar-refractivity contribution in [3.05, 3.63) is 24.0 Å². The molecule has 72 valence electrons. The molecule has 0 fully saturated rings. The number of hydrogen-bond donors (Lipinski definition) is 1. The maximum atomic E-state index is 12.9. The van der Waals surface area contributed by atoms with Crippen LogP contribution in [-0.4, -0.2) is 10.7 Å². The molecule has 0 saturated carbocycles.